The van der Waals surface area contributed by atoms with E-state index < -0.39 is 11.4 Å². The highest BCUT2D eigenvalue weighted by atomic mass is 16.5. The number of hydrogen-bond donors (Lipinski definition) is 0. The lowest BCUT2D eigenvalue weighted by Gasteiger charge is -2.26. The Labute approximate surface area is 86.1 Å². The predicted octanol–water partition coefficient (Wildman–Crippen LogP) is 2.52. The van der Waals surface area contributed by atoms with Gasteiger partial charge in [0, 0.05) is 0 Å². The summed E-state index contributed by atoms with van der Waals surface area (Å²) in [5.74, 6) is -0.361. The minimum Gasteiger partial charge on any atom is -0.465 e. The van der Waals surface area contributed by atoms with Crippen molar-refractivity contribution in [3.05, 3.63) is 0 Å². The van der Waals surface area contributed by atoms with Crippen LogP contribution in [0, 0.1) is 22.7 Å². The van der Waals surface area contributed by atoms with Crippen LogP contribution in [0.3, 0.4) is 0 Å². The van der Waals surface area contributed by atoms with Crippen molar-refractivity contribution < 1.29 is 9.53 Å². The molecule has 3 heteroatoms. The Balaban J connectivity index is 4.62. The van der Waals surface area contributed by atoms with Crippen molar-refractivity contribution >= 4 is 5.97 Å². The molecule has 0 fully saturated rings. The fourth-order valence-electron chi connectivity index (χ4n) is 1.36. The van der Waals surface area contributed by atoms with Gasteiger partial charge in [0.25, 0.3) is 0 Å². The van der Waals surface area contributed by atoms with Crippen LogP contribution < -0.4 is 0 Å². The van der Waals surface area contributed by atoms with E-state index in [-0.39, 0.29) is 5.92 Å². The molecule has 0 N–H and O–H groups in total. The summed E-state index contributed by atoms with van der Waals surface area (Å²) in [6.07, 6.45) is 1.83. The van der Waals surface area contributed by atoms with Crippen molar-refractivity contribution in [2.75, 3.05) is 6.61 Å². The van der Waals surface area contributed by atoms with Crippen molar-refractivity contribution in [1.29, 1.82) is 5.26 Å². The average molecular weight is 197 g/mol. The Bertz CT molecular complexity index is 232. The normalized spacial score (nSPS) is 16.5. The van der Waals surface area contributed by atoms with Crippen LogP contribution in [0.25, 0.3) is 0 Å². The lowest BCUT2D eigenvalue weighted by Crippen LogP contribution is -2.34. The molecule has 3 nitrogen and oxygen atoms in total. The van der Waals surface area contributed by atoms with Crippen LogP contribution >= 0.6 is 0 Å². The van der Waals surface area contributed by atoms with Gasteiger partial charge < -0.3 is 4.74 Å². The lowest BCUT2D eigenvalue weighted by molar-refractivity contribution is -0.153. The number of ether oxygens (including phenoxy) is 1. The quantitative estimate of drug-likeness (QED) is 0.636. The smallest absolute Gasteiger partial charge is 0.326 e. The van der Waals surface area contributed by atoms with Gasteiger partial charge in [-0.2, -0.15) is 5.26 Å². The number of nitrogens with zero attached hydrogens (tertiary/aromatic N) is 1. The summed E-state index contributed by atoms with van der Waals surface area (Å²) in [4.78, 5) is 11.6. The van der Waals surface area contributed by atoms with Crippen molar-refractivity contribution in [2.24, 2.45) is 11.3 Å². The van der Waals surface area contributed by atoms with Gasteiger partial charge in [-0.15, -0.1) is 0 Å². The third-order valence-electron chi connectivity index (χ3n) is 2.64. The van der Waals surface area contributed by atoms with Crippen LogP contribution in [0.15, 0.2) is 0 Å². The number of carbonyl (C=O) groups is 1. The molecule has 0 heterocycles. The first kappa shape index (κ1) is 13.0. The zero-order valence-corrected chi connectivity index (χ0v) is 9.46. The van der Waals surface area contributed by atoms with Crippen molar-refractivity contribution in [2.45, 2.75) is 40.5 Å². The van der Waals surface area contributed by atoms with E-state index in [0.717, 1.165) is 12.8 Å². The molecule has 80 valence electrons. The van der Waals surface area contributed by atoms with Crippen molar-refractivity contribution in [3.8, 4) is 6.07 Å². The molecule has 14 heavy (non-hydrogen) atoms. The zero-order chi connectivity index (χ0) is 11.2. The first-order valence-electron chi connectivity index (χ1n) is 5.11. The summed E-state index contributed by atoms with van der Waals surface area (Å²) in [6.45, 7) is 7.70. The molecule has 2 atom stereocenters. The van der Waals surface area contributed by atoms with Gasteiger partial charge in [-0.05, 0) is 26.2 Å². The molecule has 0 saturated heterocycles. The van der Waals surface area contributed by atoms with Gasteiger partial charge in [0.2, 0.25) is 0 Å². The first-order valence-corrected chi connectivity index (χ1v) is 5.11. The van der Waals surface area contributed by atoms with E-state index in [1.807, 2.05) is 13.8 Å². The standard InChI is InChI=1S/C11H19NO2/c1-5-7-9(3)11(4,8-12)10(13)14-6-2/h9H,5-7H2,1-4H3. The Hall–Kier alpha value is -1.04. The van der Waals surface area contributed by atoms with E-state index in [2.05, 4.69) is 6.07 Å². The molecule has 0 aromatic heterocycles. The topological polar surface area (TPSA) is 50.1 Å². The second kappa shape index (κ2) is 5.64. The van der Waals surface area contributed by atoms with Gasteiger partial charge >= 0.3 is 5.97 Å². The largest absolute Gasteiger partial charge is 0.465 e. The fourth-order valence-corrected chi connectivity index (χ4v) is 1.36. The van der Waals surface area contributed by atoms with E-state index in [0.29, 0.717) is 6.61 Å². The highest BCUT2D eigenvalue weighted by Gasteiger charge is 2.40. The average Bonchev–Trinajstić information content (AvgIpc) is 2.17. The second-order valence-electron chi connectivity index (χ2n) is 3.72. The maximum Gasteiger partial charge on any atom is 0.326 e. The molecule has 0 aromatic carbocycles. The summed E-state index contributed by atoms with van der Waals surface area (Å²) >= 11 is 0. The van der Waals surface area contributed by atoms with Crippen LogP contribution in [0.1, 0.15) is 40.5 Å². The molecule has 0 radical (unpaired) electrons. The summed E-state index contributed by atoms with van der Waals surface area (Å²) in [5.41, 5.74) is -0.994. The Kier molecular flexibility index (Phi) is 5.22. The molecule has 0 aliphatic carbocycles. The Morgan fingerprint density at radius 2 is 2.14 bits per heavy atom. The Morgan fingerprint density at radius 3 is 2.50 bits per heavy atom. The predicted molar refractivity (Wildman–Crippen MR) is 54.4 cm³/mol. The first-order chi connectivity index (χ1) is 6.52. The van der Waals surface area contributed by atoms with E-state index in [9.17, 15) is 4.79 Å². The SMILES string of the molecule is CCCC(C)C(C)(C#N)C(=O)OCC. The number of rotatable bonds is 5. The number of esters is 1. The maximum atomic E-state index is 11.6. The van der Waals surface area contributed by atoms with E-state index in [1.165, 1.54) is 0 Å². The van der Waals surface area contributed by atoms with Crippen LogP contribution in [-0.2, 0) is 9.53 Å². The second-order valence-corrected chi connectivity index (χ2v) is 3.72. The summed E-state index contributed by atoms with van der Waals surface area (Å²) in [7, 11) is 0. The van der Waals surface area contributed by atoms with Gasteiger partial charge in [-0.25, -0.2) is 0 Å². The highest BCUT2D eigenvalue weighted by molar-refractivity contribution is 5.79. The third kappa shape index (κ3) is 2.73. The molecule has 2 unspecified atom stereocenters. The fraction of sp³-hybridized carbons (Fsp3) is 0.818. The molecule has 0 spiro atoms. The molecule has 0 saturated carbocycles. The molecule has 0 aliphatic heterocycles. The minimum atomic E-state index is -0.994. The number of carbonyl (C=O) groups excluding carboxylic acids is 1. The van der Waals surface area contributed by atoms with Crippen LogP contribution in [0.4, 0.5) is 0 Å². The highest BCUT2D eigenvalue weighted by Crippen LogP contribution is 2.31. The van der Waals surface area contributed by atoms with Gasteiger partial charge in [-0.1, -0.05) is 20.3 Å². The number of nitriles is 1. The lowest BCUT2D eigenvalue weighted by atomic mass is 9.77. The van der Waals surface area contributed by atoms with Gasteiger partial charge in [0.1, 0.15) is 0 Å². The summed E-state index contributed by atoms with van der Waals surface area (Å²) in [6, 6.07) is 2.07. The molecular weight excluding hydrogens is 178 g/mol. The minimum absolute atomic E-state index is 0.0385. The van der Waals surface area contributed by atoms with Crippen LogP contribution in [-0.4, -0.2) is 12.6 Å². The Morgan fingerprint density at radius 1 is 1.57 bits per heavy atom. The maximum absolute atomic E-state index is 11.6. The molecule has 0 amide bonds. The van der Waals surface area contributed by atoms with Gasteiger partial charge in [0.15, 0.2) is 5.41 Å². The monoisotopic (exact) mass is 197 g/mol. The molecule has 0 rings (SSSR count). The number of hydrogen-bond acceptors (Lipinski definition) is 3. The van der Waals surface area contributed by atoms with Gasteiger partial charge in [-0.3, -0.25) is 4.79 Å². The summed E-state index contributed by atoms with van der Waals surface area (Å²) in [5, 5.41) is 9.03. The molecular formula is C11H19NO2. The van der Waals surface area contributed by atoms with Crippen LogP contribution in [0.5, 0.6) is 0 Å². The summed E-state index contributed by atoms with van der Waals surface area (Å²) < 4.78 is 4.90. The van der Waals surface area contributed by atoms with E-state index in [4.69, 9.17) is 10.00 Å². The molecule has 0 aliphatic rings. The third-order valence-corrected chi connectivity index (χ3v) is 2.64. The van der Waals surface area contributed by atoms with E-state index in [1.54, 1.807) is 13.8 Å². The van der Waals surface area contributed by atoms with Crippen LogP contribution in [0.2, 0.25) is 0 Å². The van der Waals surface area contributed by atoms with Crippen molar-refractivity contribution in [3.63, 3.8) is 0 Å². The molecule has 0 bridgehead atoms. The van der Waals surface area contributed by atoms with Gasteiger partial charge in [0.05, 0.1) is 12.7 Å². The molecule has 0 aromatic rings. The van der Waals surface area contributed by atoms with E-state index >= 15 is 0 Å². The zero-order valence-electron chi connectivity index (χ0n) is 9.46. The van der Waals surface area contributed by atoms with Crippen molar-refractivity contribution in [1.82, 2.24) is 0 Å².